The lowest BCUT2D eigenvalue weighted by atomic mass is 10.1. The van der Waals surface area contributed by atoms with Crippen LogP contribution in [0.25, 0.3) is 0 Å². The molecule has 3 N–H and O–H groups in total. The van der Waals surface area contributed by atoms with E-state index in [4.69, 9.17) is 0 Å². The summed E-state index contributed by atoms with van der Waals surface area (Å²) >= 11 is 3.44. The summed E-state index contributed by atoms with van der Waals surface area (Å²) in [5.74, 6) is -0.359. The SMILES string of the molecule is Cc1cc(NC(=O)CNc2ccccc2C(=O)NC(C)(C)C)ccc1Br. The van der Waals surface area contributed by atoms with Gasteiger partial charge in [-0.3, -0.25) is 9.59 Å². The molecule has 0 bridgehead atoms. The second kappa shape index (κ2) is 8.36. The lowest BCUT2D eigenvalue weighted by molar-refractivity contribution is -0.114. The minimum Gasteiger partial charge on any atom is -0.376 e. The average molecular weight is 418 g/mol. The highest BCUT2D eigenvalue weighted by Crippen LogP contribution is 2.20. The van der Waals surface area contributed by atoms with Gasteiger partial charge in [0.05, 0.1) is 12.1 Å². The number of carbonyl (C=O) groups excluding carboxylic acids is 2. The van der Waals surface area contributed by atoms with Gasteiger partial charge in [0.1, 0.15) is 0 Å². The second-order valence-electron chi connectivity index (χ2n) is 7.12. The molecule has 0 aliphatic heterocycles. The van der Waals surface area contributed by atoms with Gasteiger partial charge in [0.15, 0.2) is 0 Å². The van der Waals surface area contributed by atoms with Crippen molar-refractivity contribution < 1.29 is 9.59 Å². The van der Waals surface area contributed by atoms with Crippen molar-refractivity contribution >= 4 is 39.1 Å². The zero-order valence-corrected chi connectivity index (χ0v) is 17.0. The number of rotatable bonds is 5. The predicted octanol–water partition coefficient (Wildman–Crippen LogP) is 4.34. The Hall–Kier alpha value is -2.34. The normalized spacial score (nSPS) is 11.0. The number of hydrogen-bond donors (Lipinski definition) is 3. The van der Waals surface area contributed by atoms with E-state index in [9.17, 15) is 9.59 Å². The highest BCUT2D eigenvalue weighted by atomic mass is 79.9. The zero-order chi connectivity index (χ0) is 19.3. The molecule has 5 nitrogen and oxygen atoms in total. The van der Waals surface area contributed by atoms with Gasteiger partial charge in [0.25, 0.3) is 5.91 Å². The van der Waals surface area contributed by atoms with Gasteiger partial charge in [0, 0.05) is 21.4 Å². The maximum absolute atomic E-state index is 12.4. The lowest BCUT2D eigenvalue weighted by Gasteiger charge is -2.21. The van der Waals surface area contributed by atoms with E-state index in [2.05, 4.69) is 31.9 Å². The standard InChI is InChI=1S/C20H24BrN3O2/c1-13-11-14(9-10-16(13)21)23-18(25)12-22-17-8-6-5-7-15(17)19(26)24-20(2,3)4/h5-11,22H,12H2,1-4H3,(H,23,25)(H,24,26). The Morgan fingerprint density at radius 1 is 1.08 bits per heavy atom. The van der Waals surface area contributed by atoms with Crippen molar-refractivity contribution in [2.24, 2.45) is 0 Å². The molecule has 26 heavy (non-hydrogen) atoms. The molecule has 0 aliphatic carbocycles. The highest BCUT2D eigenvalue weighted by molar-refractivity contribution is 9.10. The molecule has 0 aliphatic rings. The Morgan fingerprint density at radius 3 is 2.42 bits per heavy atom. The predicted molar refractivity (Wildman–Crippen MR) is 110 cm³/mol. The maximum atomic E-state index is 12.4. The third-order valence-electron chi connectivity index (χ3n) is 3.54. The van der Waals surface area contributed by atoms with Gasteiger partial charge in [-0.05, 0) is 63.6 Å². The minimum atomic E-state index is -0.332. The van der Waals surface area contributed by atoms with Crippen molar-refractivity contribution in [2.75, 3.05) is 17.2 Å². The molecule has 138 valence electrons. The van der Waals surface area contributed by atoms with Crippen LogP contribution < -0.4 is 16.0 Å². The molecule has 0 saturated heterocycles. The molecule has 0 aromatic heterocycles. The van der Waals surface area contributed by atoms with Gasteiger partial charge in [-0.1, -0.05) is 28.1 Å². The van der Waals surface area contributed by atoms with Crippen molar-refractivity contribution in [3.05, 3.63) is 58.1 Å². The Labute approximate surface area is 162 Å². The molecule has 2 aromatic carbocycles. The molecule has 2 aromatic rings. The van der Waals surface area contributed by atoms with Gasteiger partial charge in [-0.2, -0.15) is 0 Å². The van der Waals surface area contributed by atoms with Gasteiger partial charge >= 0.3 is 0 Å². The number of halogens is 1. The average Bonchev–Trinajstić information content (AvgIpc) is 2.55. The van der Waals surface area contributed by atoms with Crippen LogP contribution in [0, 0.1) is 6.92 Å². The van der Waals surface area contributed by atoms with E-state index in [1.54, 1.807) is 18.2 Å². The van der Waals surface area contributed by atoms with Crippen LogP contribution in [0.2, 0.25) is 0 Å². The summed E-state index contributed by atoms with van der Waals surface area (Å²) in [4.78, 5) is 24.6. The smallest absolute Gasteiger partial charge is 0.253 e. The number of para-hydroxylation sites is 1. The summed E-state index contributed by atoms with van der Waals surface area (Å²) in [7, 11) is 0. The first kappa shape index (κ1) is 20.0. The molecule has 0 atom stereocenters. The second-order valence-corrected chi connectivity index (χ2v) is 7.97. The maximum Gasteiger partial charge on any atom is 0.253 e. The molecule has 0 fully saturated rings. The molecule has 0 heterocycles. The molecule has 0 radical (unpaired) electrons. The van der Waals surface area contributed by atoms with Crippen molar-refractivity contribution in [2.45, 2.75) is 33.2 Å². The number of anilines is 2. The van der Waals surface area contributed by atoms with Crippen LogP contribution in [-0.2, 0) is 4.79 Å². The number of nitrogens with one attached hydrogen (secondary N) is 3. The summed E-state index contributed by atoms with van der Waals surface area (Å²) in [6, 6.07) is 12.8. The van der Waals surface area contributed by atoms with Crippen LogP contribution >= 0.6 is 15.9 Å². The Morgan fingerprint density at radius 2 is 1.77 bits per heavy atom. The van der Waals surface area contributed by atoms with E-state index in [0.717, 1.165) is 15.7 Å². The van der Waals surface area contributed by atoms with Gasteiger partial charge < -0.3 is 16.0 Å². The molecule has 0 unspecified atom stereocenters. The van der Waals surface area contributed by atoms with Gasteiger partial charge in [-0.25, -0.2) is 0 Å². The van der Waals surface area contributed by atoms with Crippen molar-refractivity contribution in [1.82, 2.24) is 5.32 Å². The van der Waals surface area contributed by atoms with E-state index in [1.165, 1.54) is 0 Å². The van der Waals surface area contributed by atoms with Crippen molar-refractivity contribution in [3.63, 3.8) is 0 Å². The quantitative estimate of drug-likeness (QED) is 0.677. The first-order chi connectivity index (χ1) is 12.2. The van der Waals surface area contributed by atoms with Crippen LogP contribution in [0.4, 0.5) is 11.4 Å². The fourth-order valence-corrected chi connectivity index (χ4v) is 2.59. The molecule has 0 spiro atoms. The fourth-order valence-electron chi connectivity index (χ4n) is 2.35. The summed E-state index contributed by atoms with van der Waals surface area (Å²) in [6.45, 7) is 7.80. The first-order valence-corrected chi connectivity index (χ1v) is 9.16. The van der Waals surface area contributed by atoms with Crippen LogP contribution in [0.3, 0.4) is 0 Å². The Bertz CT molecular complexity index is 813. The number of hydrogen-bond acceptors (Lipinski definition) is 3. The van der Waals surface area contributed by atoms with E-state index in [1.807, 2.05) is 52.0 Å². The minimum absolute atomic E-state index is 0.0644. The van der Waals surface area contributed by atoms with Crippen LogP contribution in [0.15, 0.2) is 46.9 Å². The Kier molecular flexibility index (Phi) is 6.42. The van der Waals surface area contributed by atoms with Crippen LogP contribution in [-0.4, -0.2) is 23.9 Å². The molecular formula is C20H24BrN3O2. The molecule has 2 rings (SSSR count). The van der Waals surface area contributed by atoms with E-state index < -0.39 is 0 Å². The van der Waals surface area contributed by atoms with Gasteiger partial charge in [0.2, 0.25) is 5.91 Å². The monoisotopic (exact) mass is 417 g/mol. The van der Waals surface area contributed by atoms with Gasteiger partial charge in [-0.15, -0.1) is 0 Å². The fraction of sp³-hybridized carbons (Fsp3) is 0.300. The number of aryl methyl sites for hydroxylation is 1. The summed E-state index contributed by atoms with van der Waals surface area (Å²) < 4.78 is 0.993. The molecule has 2 amide bonds. The number of amides is 2. The lowest BCUT2D eigenvalue weighted by Crippen LogP contribution is -2.40. The summed E-state index contributed by atoms with van der Waals surface area (Å²) in [5, 5.41) is 8.82. The first-order valence-electron chi connectivity index (χ1n) is 8.37. The zero-order valence-electron chi connectivity index (χ0n) is 15.4. The molecular weight excluding hydrogens is 394 g/mol. The van der Waals surface area contributed by atoms with Crippen LogP contribution in [0.1, 0.15) is 36.7 Å². The van der Waals surface area contributed by atoms with Crippen molar-refractivity contribution in [1.29, 1.82) is 0 Å². The highest BCUT2D eigenvalue weighted by Gasteiger charge is 2.18. The summed E-state index contributed by atoms with van der Waals surface area (Å²) in [5.41, 5.74) is 2.57. The van der Waals surface area contributed by atoms with Crippen molar-refractivity contribution in [3.8, 4) is 0 Å². The molecule has 6 heteroatoms. The van der Waals surface area contributed by atoms with E-state index >= 15 is 0 Å². The van der Waals surface area contributed by atoms with Crippen LogP contribution in [0.5, 0.6) is 0 Å². The number of carbonyl (C=O) groups is 2. The third-order valence-corrected chi connectivity index (χ3v) is 4.43. The van der Waals surface area contributed by atoms with E-state index in [-0.39, 0.29) is 23.9 Å². The number of benzene rings is 2. The third kappa shape index (κ3) is 5.88. The van der Waals surface area contributed by atoms with E-state index in [0.29, 0.717) is 11.3 Å². The topological polar surface area (TPSA) is 70.2 Å². The largest absolute Gasteiger partial charge is 0.376 e. The summed E-state index contributed by atoms with van der Waals surface area (Å²) in [6.07, 6.45) is 0. The Balaban J connectivity index is 2.01. The molecule has 0 saturated carbocycles.